The van der Waals surface area contributed by atoms with Crippen LogP contribution >= 0.6 is 11.6 Å². The number of halogens is 1. The molecule has 0 aliphatic carbocycles. The predicted octanol–water partition coefficient (Wildman–Crippen LogP) is 4.89. The van der Waals surface area contributed by atoms with Crippen molar-refractivity contribution < 1.29 is 18.0 Å². The van der Waals surface area contributed by atoms with Crippen LogP contribution in [0.15, 0.2) is 72.8 Å². The maximum absolute atomic E-state index is 14.0. The molecule has 39 heavy (non-hydrogen) atoms. The third-order valence-corrected chi connectivity index (χ3v) is 7.81. The molecule has 9 heteroatoms. The molecule has 3 rings (SSSR count). The summed E-state index contributed by atoms with van der Waals surface area (Å²) in [6.07, 6.45) is 1.32. The molecule has 3 aromatic carbocycles. The van der Waals surface area contributed by atoms with Gasteiger partial charge in [-0.1, -0.05) is 77.8 Å². The number of rotatable bonds is 11. The maximum Gasteiger partial charge on any atom is 0.244 e. The molecule has 0 spiro atoms. The van der Waals surface area contributed by atoms with Gasteiger partial charge in [0, 0.05) is 24.0 Å². The average Bonchev–Trinajstić information content (AvgIpc) is 2.86. The summed E-state index contributed by atoms with van der Waals surface area (Å²) in [6, 6.07) is 21.0. The van der Waals surface area contributed by atoms with E-state index in [-0.39, 0.29) is 30.6 Å². The zero-order chi connectivity index (χ0) is 28.7. The first-order valence-electron chi connectivity index (χ1n) is 12.8. The Morgan fingerprint density at radius 1 is 0.923 bits per heavy atom. The number of aryl methyl sites for hydroxylation is 2. The Kier molecular flexibility index (Phi) is 10.2. The third kappa shape index (κ3) is 8.57. The molecule has 0 aliphatic rings. The van der Waals surface area contributed by atoms with Gasteiger partial charge in [0.1, 0.15) is 12.6 Å². The molecule has 0 fully saturated rings. The van der Waals surface area contributed by atoms with E-state index < -0.39 is 28.5 Å². The van der Waals surface area contributed by atoms with Gasteiger partial charge in [-0.3, -0.25) is 13.9 Å². The normalized spacial score (nSPS) is 12.2. The highest BCUT2D eigenvalue weighted by Gasteiger charge is 2.33. The van der Waals surface area contributed by atoms with E-state index in [4.69, 9.17) is 11.6 Å². The molecule has 7 nitrogen and oxygen atoms in total. The van der Waals surface area contributed by atoms with Crippen molar-refractivity contribution in [3.63, 3.8) is 0 Å². The first-order chi connectivity index (χ1) is 18.3. The molecule has 0 saturated carbocycles. The fourth-order valence-corrected chi connectivity index (χ4v) is 5.31. The van der Waals surface area contributed by atoms with E-state index in [0.717, 1.165) is 32.8 Å². The largest absolute Gasteiger partial charge is 0.352 e. The smallest absolute Gasteiger partial charge is 0.244 e. The van der Waals surface area contributed by atoms with Crippen molar-refractivity contribution in [2.45, 2.75) is 52.7 Å². The van der Waals surface area contributed by atoms with Gasteiger partial charge in [-0.05, 0) is 56.5 Å². The monoisotopic (exact) mass is 569 g/mol. The van der Waals surface area contributed by atoms with Crippen molar-refractivity contribution in [1.82, 2.24) is 10.2 Å². The third-order valence-electron chi connectivity index (χ3n) is 6.26. The lowest BCUT2D eigenvalue weighted by molar-refractivity contribution is -0.140. The molecule has 0 heterocycles. The number of hydrogen-bond acceptors (Lipinski definition) is 4. The first kappa shape index (κ1) is 30.2. The highest BCUT2D eigenvalue weighted by Crippen LogP contribution is 2.26. The van der Waals surface area contributed by atoms with Crippen molar-refractivity contribution in [1.29, 1.82) is 0 Å². The van der Waals surface area contributed by atoms with Crippen LogP contribution in [0.5, 0.6) is 0 Å². The van der Waals surface area contributed by atoms with Crippen molar-refractivity contribution >= 4 is 39.1 Å². The van der Waals surface area contributed by atoms with E-state index in [1.54, 1.807) is 12.1 Å². The van der Waals surface area contributed by atoms with E-state index >= 15 is 0 Å². The number of sulfonamides is 1. The Morgan fingerprint density at radius 2 is 1.59 bits per heavy atom. The van der Waals surface area contributed by atoms with Crippen LogP contribution in [-0.4, -0.2) is 50.0 Å². The lowest BCUT2D eigenvalue weighted by Gasteiger charge is -2.34. The molecule has 1 atom stereocenters. The topological polar surface area (TPSA) is 86.8 Å². The number of anilines is 1. The Hall–Kier alpha value is -3.36. The number of nitrogens with zero attached hydrogens (tertiary/aromatic N) is 2. The molecule has 2 amide bonds. The van der Waals surface area contributed by atoms with Gasteiger partial charge in [0.05, 0.1) is 11.9 Å². The second kappa shape index (κ2) is 13.1. The van der Waals surface area contributed by atoms with Crippen LogP contribution in [0.1, 0.15) is 36.1 Å². The van der Waals surface area contributed by atoms with E-state index in [1.807, 2.05) is 82.3 Å². The summed E-state index contributed by atoms with van der Waals surface area (Å²) in [6.45, 7) is 7.13. The highest BCUT2D eigenvalue weighted by atomic mass is 35.5. The van der Waals surface area contributed by atoms with Crippen molar-refractivity contribution in [3.05, 3.63) is 100 Å². The fourth-order valence-electron chi connectivity index (χ4n) is 4.29. The summed E-state index contributed by atoms with van der Waals surface area (Å²) in [5.41, 5.74) is 3.80. The summed E-state index contributed by atoms with van der Waals surface area (Å²) < 4.78 is 26.8. The van der Waals surface area contributed by atoms with E-state index in [0.29, 0.717) is 5.02 Å². The molecule has 0 aromatic heterocycles. The highest BCUT2D eigenvalue weighted by molar-refractivity contribution is 7.92. The summed E-state index contributed by atoms with van der Waals surface area (Å²) >= 11 is 6.29. The summed E-state index contributed by atoms with van der Waals surface area (Å²) in [7, 11) is -3.85. The second-order valence-electron chi connectivity index (χ2n) is 10.1. The molecule has 0 bridgehead atoms. The number of hydrogen-bond donors (Lipinski definition) is 1. The Balaban J connectivity index is 2.07. The molecule has 0 aliphatic heterocycles. The zero-order valence-corrected chi connectivity index (χ0v) is 24.6. The SMILES string of the molecule is Cc1cccc(CN(C(=O)CN(c2ccc(C)c(Cl)c2)S(C)(=O)=O)[C@H](Cc2ccccc2)C(=O)NC(C)C)c1. The minimum Gasteiger partial charge on any atom is -0.352 e. The van der Waals surface area contributed by atoms with Gasteiger partial charge < -0.3 is 10.2 Å². The number of nitrogens with one attached hydrogen (secondary N) is 1. The van der Waals surface area contributed by atoms with Crippen LogP contribution < -0.4 is 9.62 Å². The Labute approximate surface area is 236 Å². The molecule has 3 aromatic rings. The zero-order valence-electron chi connectivity index (χ0n) is 23.0. The summed E-state index contributed by atoms with van der Waals surface area (Å²) in [5, 5.41) is 3.33. The van der Waals surface area contributed by atoms with Crippen LogP contribution in [0.3, 0.4) is 0 Å². The van der Waals surface area contributed by atoms with Gasteiger partial charge in [0.15, 0.2) is 0 Å². The molecule has 1 N–H and O–H groups in total. The fraction of sp³-hybridized carbons (Fsp3) is 0.333. The predicted molar refractivity (Wildman–Crippen MR) is 157 cm³/mol. The van der Waals surface area contributed by atoms with Crippen LogP contribution in [-0.2, 0) is 32.6 Å². The molecular weight excluding hydrogens is 534 g/mol. The van der Waals surface area contributed by atoms with Gasteiger partial charge >= 0.3 is 0 Å². The van der Waals surface area contributed by atoms with Crippen molar-refractivity contribution in [3.8, 4) is 0 Å². The van der Waals surface area contributed by atoms with Crippen LogP contribution in [0.25, 0.3) is 0 Å². The number of benzene rings is 3. The standard InChI is InChI=1S/C30H36ClN3O4S/c1-21(2)32-30(36)28(17-24-11-7-6-8-12-24)33(19-25-13-9-10-22(3)16-25)29(35)20-34(39(5,37)38)26-15-14-23(4)27(31)18-26/h6-16,18,21,28H,17,19-20H2,1-5H3,(H,32,36)/t28-/m1/s1. The number of carbonyl (C=O) groups is 2. The Morgan fingerprint density at radius 3 is 2.18 bits per heavy atom. The van der Waals surface area contributed by atoms with Gasteiger partial charge in [-0.25, -0.2) is 8.42 Å². The molecular formula is C30H36ClN3O4S. The van der Waals surface area contributed by atoms with E-state index in [1.165, 1.54) is 11.0 Å². The van der Waals surface area contributed by atoms with Gasteiger partial charge in [0.25, 0.3) is 0 Å². The molecule has 0 unspecified atom stereocenters. The van der Waals surface area contributed by atoms with Crippen molar-refractivity contribution in [2.24, 2.45) is 0 Å². The van der Waals surface area contributed by atoms with Gasteiger partial charge in [-0.15, -0.1) is 0 Å². The quantitative estimate of drug-likeness (QED) is 0.356. The van der Waals surface area contributed by atoms with Gasteiger partial charge in [-0.2, -0.15) is 0 Å². The minimum atomic E-state index is -3.85. The van der Waals surface area contributed by atoms with Crippen LogP contribution in [0, 0.1) is 13.8 Å². The van der Waals surface area contributed by atoms with Crippen LogP contribution in [0.4, 0.5) is 5.69 Å². The number of amides is 2. The van der Waals surface area contributed by atoms with E-state index in [2.05, 4.69) is 5.32 Å². The van der Waals surface area contributed by atoms with Crippen LogP contribution in [0.2, 0.25) is 5.02 Å². The lowest BCUT2D eigenvalue weighted by Crippen LogP contribution is -2.54. The molecule has 208 valence electrons. The Bertz CT molecular complexity index is 1410. The maximum atomic E-state index is 14.0. The average molecular weight is 570 g/mol. The molecule has 0 radical (unpaired) electrons. The van der Waals surface area contributed by atoms with Gasteiger partial charge in [0.2, 0.25) is 21.8 Å². The molecule has 0 saturated heterocycles. The second-order valence-corrected chi connectivity index (χ2v) is 12.4. The summed E-state index contributed by atoms with van der Waals surface area (Å²) in [5.74, 6) is -0.808. The van der Waals surface area contributed by atoms with E-state index in [9.17, 15) is 18.0 Å². The summed E-state index contributed by atoms with van der Waals surface area (Å²) in [4.78, 5) is 29.1. The van der Waals surface area contributed by atoms with Crippen molar-refractivity contribution in [2.75, 3.05) is 17.1 Å². The number of carbonyl (C=O) groups excluding carboxylic acids is 2. The minimum absolute atomic E-state index is 0.135. The first-order valence-corrected chi connectivity index (χ1v) is 15.0. The lowest BCUT2D eigenvalue weighted by atomic mass is 10.0.